The highest BCUT2D eigenvalue weighted by Gasteiger charge is 2.77. The Bertz CT molecular complexity index is 1070. The molecule has 0 aliphatic heterocycles. The van der Waals surface area contributed by atoms with E-state index in [0.29, 0.717) is 6.42 Å². The smallest absolute Gasteiger partial charge is 0.508 e. The van der Waals surface area contributed by atoms with Gasteiger partial charge in [-0.05, 0) is 62.5 Å². The average molecular weight is 525 g/mol. The number of allylic oxidation sites excluding steroid dienone is 3. The number of carbonyl (C=O) groups is 3. The minimum Gasteiger partial charge on any atom is -0.508 e. The van der Waals surface area contributed by atoms with Gasteiger partial charge >= 0.3 is 12.1 Å². The molecular formula is C28H38F2O7. The van der Waals surface area contributed by atoms with Crippen LogP contribution in [-0.4, -0.2) is 51.7 Å². The van der Waals surface area contributed by atoms with Crippen molar-refractivity contribution in [3.05, 3.63) is 23.5 Å². The van der Waals surface area contributed by atoms with Crippen LogP contribution in [0.2, 0.25) is 0 Å². The van der Waals surface area contributed by atoms with Gasteiger partial charge in [0.25, 0.3) is 0 Å². The van der Waals surface area contributed by atoms with Crippen molar-refractivity contribution in [2.45, 2.75) is 97.2 Å². The predicted molar refractivity (Wildman–Crippen MR) is 130 cm³/mol. The standard InChI is InChI=1S/C28H38F2O7/c1-7-21(14(2)3)36-24(35)37-28(23(33)34)15(4)10-17-18-13-20(29)19-11-16(31)12-22(32)26(19,6)27(18,30)9-8-25(17,28)5/h11-12,14-15,17-18,20-21,31H,7-10,13H2,1-6H3,(H,33,34)/t15-,17+,18+,20+,21?,25+,26-,27?,28-/m1/s1. The molecule has 9 heteroatoms. The number of hydrogen-bond donors (Lipinski definition) is 2. The number of ketones is 1. The van der Waals surface area contributed by atoms with E-state index in [-0.39, 0.29) is 37.2 Å². The molecule has 0 aromatic carbocycles. The molecule has 4 aliphatic rings. The second-order valence-corrected chi connectivity index (χ2v) is 12.2. The lowest BCUT2D eigenvalue weighted by atomic mass is 9.44. The zero-order chi connectivity index (χ0) is 27.7. The number of hydrogen-bond acceptors (Lipinski definition) is 6. The lowest BCUT2D eigenvalue weighted by Crippen LogP contribution is -2.67. The molecule has 0 aromatic rings. The Morgan fingerprint density at radius 3 is 2.38 bits per heavy atom. The summed E-state index contributed by atoms with van der Waals surface area (Å²) in [7, 11) is 0. The van der Waals surface area contributed by atoms with Crippen molar-refractivity contribution < 1.29 is 42.9 Å². The maximum atomic E-state index is 17.2. The van der Waals surface area contributed by atoms with Crippen molar-refractivity contribution in [3.8, 4) is 0 Å². The van der Waals surface area contributed by atoms with Crippen LogP contribution in [0.25, 0.3) is 0 Å². The first-order chi connectivity index (χ1) is 17.1. The van der Waals surface area contributed by atoms with Crippen molar-refractivity contribution in [1.82, 2.24) is 0 Å². The van der Waals surface area contributed by atoms with Crippen molar-refractivity contribution in [2.75, 3.05) is 0 Å². The summed E-state index contributed by atoms with van der Waals surface area (Å²) < 4.78 is 44.1. The van der Waals surface area contributed by atoms with Crippen LogP contribution < -0.4 is 0 Å². The summed E-state index contributed by atoms with van der Waals surface area (Å²) >= 11 is 0. The van der Waals surface area contributed by atoms with Gasteiger partial charge in [-0.1, -0.05) is 34.6 Å². The first-order valence-corrected chi connectivity index (χ1v) is 13.2. The largest absolute Gasteiger partial charge is 0.509 e. The van der Waals surface area contributed by atoms with Crippen LogP contribution in [0.1, 0.15) is 73.6 Å². The number of carboxylic acid groups (broad SMARTS) is 1. The van der Waals surface area contributed by atoms with E-state index in [1.807, 2.05) is 20.8 Å². The van der Waals surface area contributed by atoms with E-state index < -0.39 is 75.8 Å². The van der Waals surface area contributed by atoms with Gasteiger partial charge in [0.05, 0.1) is 5.41 Å². The number of aliphatic hydroxyl groups is 1. The maximum Gasteiger partial charge on any atom is 0.509 e. The molecule has 0 amide bonds. The molecule has 0 heterocycles. The molecule has 9 atom stereocenters. The fraction of sp³-hybridized carbons (Fsp3) is 0.750. The second-order valence-electron chi connectivity index (χ2n) is 12.2. The molecule has 2 N–H and O–H groups in total. The molecule has 0 spiro atoms. The van der Waals surface area contributed by atoms with Crippen LogP contribution in [0, 0.1) is 34.5 Å². The van der Waals surface area contributed by atoms with Gasteiger partial charge in [0.1, 0.15) is 23.7 Å². The number of ether oxygens (including phenoxy) is 2. The molecule has 4 rings (SSSR count). The lowest BCUT2D eigenvalue weighted by Gasteiger charge is -2.61. The SMILES string of the molecule is CCC(OC(=O)O[C@@]1(C(=O)O)[C@H](C)C[C@H]2[C@@H]3C[C@H](F)C4=CC(O)=CC(=O)[C@]4(C)C3(F)CC[C@@]21C)C(C)C. The van der Waals surface area contributed by atoms with E-state index in [9.17, 15) is 24.6 Å². The number of rotatable bonds is 5. The topological polar surface area (TPSA) is 110 Å². The minimum absolute atomic E-state index is 0.00210. The number of alkyl halides is 2. The van der Waals surface area contributed by atoms with E-state index in [0.717, 1.165) is 12.2 Å². The Morgan fingerprint density at radius 1 is 1.16 bits per heavy atom. The van der Waals surface area contributed by atoms with Gasteiger partial charge in [-0.3, -0.25) is 4.79 Å². The van der Waals surface area contributed by atoms with Gasteiger partial charge in [0.15, 0.2) is 5.78 Å². The fourth-order valence-electron chi connectivity index (χ4n) is 8.19. The van der Waals surface area contributed by atoms with Crippen molar-refractivity contribution in [3.63, 3.8) is 0 Å². The quantitative estimate of drug-likeness (QED) is 0.432. The molecule has 4 aliphatic carbocycles. The molecule has 37 heavy (non-hydrogen) atoms. The van der Waals surface area contributed by atoms with Crippen LogP contribution in [0.15, 0.2) is 23.5 Å². The summed E-state index contributed by atoms with van der Waals surface area (Å²) in [4.78, 5) is 38.9. The monoisotopic (exact) mass is 524 g/mol. The summed E-state index contributed by atoms with van der Waals surface area (Å²) in [5.41, 5.74) is -7.26. The highest BCUT2D eigenvalue weighted by Crippen LogP contribution is 2.71. The van der Waals surface area contributed by atoms with Crippen molar-refractivity contribution in [2.24, 2.45) is 34.5 Å². The van der Waals surface area contributed by atoms with Gasteiger partial charge in [-0.2, -0.15) is 0 Å². The maximum absolute atomic E-state index is 17.2. The zero-order valence-electron chi connectivity index (χ0n) is 22.3. The van der Waals surface area contributed by atoms with Crippen LogP contribution in [0.5, 0.6) is 0 Å². The number of aliphatic hydroxyl groups excluding tert-OH is 1. The molecule has 0 bridgehead atoms. The van der Waals surface area contributed by atoms with Crippen LogP contribution in [0.4, 0.5) is 13.6 Å². The first kappa shape index (κ1) is 27.6. The van der Waals surface area contributed by atoms with Gasteiger partial charge < -0.3 is 19.7 Å². The van der Waals surface area contributed by atoms with Crippen molar-refractivity contribution in [1.29, 1.82) is 0 Å². The van der Waals surface area contributed by atoms with E-state index in [4.69, 9.17) is 9.47 Å². The average Bonchev–Trinajstić information content (AvgIpc) is 3.03. The lowest BCUT2D eigenvalue weighted by molar-refractivity contribution is -0.207. The van der Waals surface area contributed by atoms with E-state index >= 15 is 8.78 Å². The number of aliphatic carboxylic acids is 1. The minimum atomic E-state index is -2.15. The third kappa shape index (κ3) is 3.51. The third-order valence-electron chi connectivity index (χ3n) is 10.3. The predicted octanol–water partition coefficient (Wildman–Crippen LogP) is 5.88. The number of carbonyl (C=O) groups excluding carboxylic acids is 2. The molecule has 2 unspecified atom stereocenters. The number of carboxylic acids is 1. The van der Waals surface area contributed by atoms with Crippen LogP contribution >= 0.6 is 0 Å². The van der Waals surface area contributed by atoms with Gasteiger partial charge in [-0.15, -0.1) is 0 Å². The molecule has 7 nitrogen and oxygen atoms in total. The van der Waals surface area contributed by atoms with E-state index in [2.05, 4.69) is 0 Å². The molecule has 3 fully saturated rings. The highest BCUT2D eigenvalue weighted by molar-refractivity contribution is 6.00. The Balaban J connectivity index is 1.75. The number of halogens is 2. The van der Waals surface area contributed by atoms with Gasteiger partial charge in [0.2, 0.25) is 5.60 Å². The Labute approximate surface area is 216 Å². The molecule has 206 valence electrons. The summed E-state index contributed by atoms with van der Waals surface area (Å²) in [6.45, 7) is 10.3. The summed E-state index contributed by atoms with van der Waals surface area (Å²) in [5, 5.41) is 20.4. The van der Waals surface area contributed by atoms with E-state index in [1.54, 1.807) is 13.8 Å². The third-order valence-corrected chi connectivity index (χ3v) is 10.3. The second kappa shape index (κ2) is 8.80. The summed E-state index contributed by atoms with van der Waals surface area (Å²) in [6, 6.07) is 0. The Kier molecular flexibility index (Phi) is 6.56. The highest BCUT2D eigenvalue weighted by atomic mass is 19.1. The Hall–Kier alpha value is -2.45. The number of fused-ring (bicyclic) bond motifs is 5. The van der Waals surface area contributed by atoms with Crippen molar-refractivity contribution >= 4 is 17.9 Å². The first-order valence-electron chi connectivity index (χ1n) is 13.2. The zero-order valence-corrected chi connectivity index (χ0v) is 22.3. The summed E-state index contributed by atoms with van der Waals surface area (Å²) in [5.74, 6) is -4.80. The molecule has 0 aromatic heterocycles. The van der Waals surface area contributed by atoms with Crippen LogP contribution in [-0.2, 0) is 19.1 Å². The van der Waals surface area contributed by atoms with Gasteiger partial charge in [-0.25, -0.2) is 18.4 Å². The molecule has 0 radical (unpaired) electrons. The Morgan fingerprint density at radius 2 is 1.81 bits per heavy atom. The van der Waals surface area contributed by atoms with Gasteiger partial charge in [0, 0.05) is 23.3 Å². The van der Waals surface area contributed by atoms with E-state index in [1.165, 1.54) is 6.92 Å². The van der Waals surface area contributed by atoms with Crippen LogP contribution in [0.3, 0.4) is 0 Å². The molecular weight excluding hydrogens is 486 g/mol. The fourth-order valence-corrected chi connectivity index (χ4v) is 8.19. The molecule has 0 saturated heterocycles. The normalized spacial score (nSPS) is 43.6. The summed E-state index contributed by atoms with van der Waals surface area (Å²) in [6.07, 6.45) is -0.881. The molecule has 3 saturated carbocycles.